The summed E-state index contributed by atoms with van der Waals surface area (Å²) in [6.45, 7) is 0. The van der Waals surface area contributed by atoms with Gasteiger partial charge in [-0.3, -0.25) is 0 Å². The van der Waals surface area contributed by atoms with Gasteiger partial charge >= 0.3 is 0 Å². The average molecular weight is 266 g/mol. The molecule has 0 fully saturated rings. The van der Waals surface area contributed by atoms with Gasteiger partial charge in [0, 0.05) is 14.1 Å². The second-order valence-corrected chi connectivity index (χ2v) is 4.26. The smallest absolute Gasteiger partial charge is 0.196 e. The average Bonchev–Trinajstić information content (AvgIpc) is 2.40. The van der Waals surface area contributed by atoms with Crippen molar-refractivity contribution in [2.24, 2.45) is 0 Å². The molecule has 0 saturated heterocycles. The molecule has 2 aromatic rings. The lowest BCUT2D eigenvalue weighted by Crippen LogP contribution is -2.11. The van der Waals surface area contributed by atoms with Gasteiger partial charge < -0.3 is 10.2 Å². The van der Waals surface area contributed by atoms with Gasteiger partial charge in [-0.25, -0.2) is 13.2 Å². The zero-order valence-electron chi connectivity index (χ0n) is 10.5. The lowest BCUT2D eigenvalue weighted by Gasteiger charge is -2.18. The van der Waals surface area contributed by atoms with Crippen LogP contribution in [0.15, 0.2) is 36.4 Å². The number of benzene rings is 2. The maximum atomic E-state index is 13.6. The summed E-state index contributed by atoms with van der Waals surface area (Å²) in [7, 11) is 3.67. The topological polar surface area (TPSA) is 15.3 Å². The minimum absolute atomic E-state index is 0.104. The number of rotatable bonds is 3. The standard InChI is InChI=1S/C14H13F3N2/c1-19(2)12-6-4-3-5-10(12)18-11-8-7-9(15)13(16)14(11)17/h3-8,18H,1-2H3. The van der Waals surface area contributed by atoms with Gasteiger partial charge in [-0.1, -0.05) is 12.1 Å². The number of anilines is 3. The van der Waals surface area contributed by atoms with Gasteiger partial charge in [-0.2, -0.15) is 0 Å². The second kappa shape index (κ2) is 5.22. The van der Waals surface area contributed by atoms with E-state index < -0.39 is 17.5 Å². The number of halogens is 3. The summed E-state index contributed by atoms with van der Waals surface area (Å²) in [4.78, 5) is 1.83. The molecule has 2 aromatic carbocycles. The number of nitrogens with zero attached hydrogens (tertiary/aromatic N) is 1. The van der Waals surface area contributed by atoms with Crippen LogP contribution in [0, 0.1) is 17.5 Å². The van der Waals surface area contributed by atoms with Crippen molar-refractivity contribution in [3.8, 4) is 0 Å². The Morgan fingerprint density at radius 2 is 1.53 bits per heavy atom. The van der Waals surface area contributed by atoms with Crippen molar-refractivity contribution in [2.75, 3.05) is 24.3 Å². The molecule has 0 saturated carbocycles. The fraction of sp³-hybridized carbons (Fsp3) is 0.143. The van der Waals surface area contributed by atoms with Crippen LogP contribution in [0.2, 0.25) is 0 Å². The lowest BCUT2D eigenvalue weighted by atomic mass is 10.2. The van der Waals surface area contributed by atoms with E-state index in [-0.39, 0.29) is 5.69 Å². The van der Waals surface area contributed by atoms with Crippen LogP contribution in [0.1, 0.15) is 0 Å². The Bertz CT molecular complexity index is 597. The summed E-state index contributed by atoms with van der Waals surface area (Å²) in [6.07, 6.45) is 0. The molecule has 0 atom stereocenters. The number of nitrogens with one attached hydrogen (secondary N) is 1. The Morgan fingerprint density at radius 3 is 2.21 bits per heavy atom. The summed E-state index contributed by atoms with van der Waals surface area (Å²) >= 11 is 0. The molecule has 0 spiro atoms. The van der Waals surface area contributed by atoms with Crippen LogP contribution in [-0.4, -0.2) is 14.1 Å². The molecule has 0 radical (unpaired) electrons. The van der Waals surface area contributed by atoms with Crippen LogP contribution in [0.25, 0.3) is 0 Å². The monoisotopic (exact) mass is 266 g/mol. The van der Waals surface area contributed by atoms with E-state index in [0.717, 1.165) is 11.8 Å². The Balaban J connectivity index is 2.40. The molecule has 0 aromatic heterocycles. The predicted molar refractivity (Wildman–Crippen MR) is 70.4 cm³/mol. The molecule has 0 bridgehead atoms. The summed E-state index contributed by atoms with van der Waals surface area (Å²) in [5, 5.41) is 2.77. The van der Waals surface area contributed by atoms with Gasteiger partial charge in [0.25, 0.3) is 0 Å². The first-order chi connectivity index (χ1) is 9.00. The third-order valence-electron chi connectivity index (χ3n) is 2.69. The van der Waals surface area contributed by atoms with Gasteiger partial charge in [0.15, 0.2) is 17.5 Å². The van der Waals surface area contributed by atoms with Crippen LogP contribution >= 0.6 is 0 Å². The largest absolute Gasteiger partial charge is 0.376 e. The molecule has 5 heteroatoms. The van der Waals surface area contributed by atoms with Gasteiger partial charge in [0.05, 0.1) is 17.1 Å². The molecule has 1 N–H and O–H groups in total. The third kappa shape index (κ3) is 2.65. The van der Waals surface area contributed by atoms with Crippen molar-refractivity contribution in [3.05, 3.63) is 53.8 Å². The molecule has 0 amide bonds. The Kier molecular flexibility index (Phi) is 3.64. The minimum Gasteiger partial charge on any atom is -0.376 e. The van der Waals surface area contributed by atoms with Crippen molar-refractivity contribution < 1.29 is 13.2 Å². The zero-order valence-corrected chi connectivity index (χ0v) is 10.5. The number of hydrogen-bond donors (Lipinski definition) is 1. The summed E-state index contributed by atoms with van der Waals surface area (Å²) in [6, 6.07) is 9.23. The number of hydrogen-bond acceptors (Lipinski definition) is 2. The fourth-order valence-electron chi connectivity index (χ4n) is 1.74. The second-order valence-electron chi connectivity index (χ2n) is 4.26. The maximum Gasteiger partial charge on any atom is 0.196 e. The van der Waals surface area contributed by atoms with Crippen molar-refractivity contribution in [1.29, 1.82) is 0 Å². The van der Waals surface area contributed by atoms with E-state index in [0.29, 0.717) is 5.69 Å². The maximum absolute atomic E-state index is 13.6. The first-order valence-electron chi connectivity index (χ1n) is 5.67. The van der Waals surface area contributed by atoms with Crippen LogP contribution in [0.5, 0.6) is 0 Å². The highest BCUT2D eigenvalue weighted by Crippen LogP contribution is 2.29. The highest BCUT2D eigenvalue weighted by atomic mass is 19.2. The van der Waals surface area contributed by atoms with Crippen LogP contribution in [0.4, 0.5) is 30.2 Å². The van der Waals surface area contributed by atoms with E-state index in [4.69, 9.17) is 0 Å². The van der Waals surface area contributed by atoms with Crippen molar-refractivity contribution >= 4 is 17.1 Å². The highest BCUT2D eigenvalue weighted by Gasteiger charge is 2.14. The third-order valence-corrected chi connectivity index (χ3v) is 2.69. The molecule has 19 heavy (non-hydrogen) atoms. The molecular weight excluding hydrogens is 253 g/mol. The van der Waals surface area contributed by atoms with Crippen LogP contribution < -0.4 is 10.2 Å². The Hall–Kier alpha value is -2.17. The first-order valence-corrected chi connectivity index (χ1v) is 5.67. The Labute approximate surface area is 109 Å². The summed E-state index contributed by atoms with van der Waals surface area (Å²) < 4.78 is 39.6. The predicted octanol–water partition coefficient (Wildman–Crippen LogP) is 3.91. The summed E-state index contributed by atoms with van der Waals surface area (Å²) in [5.41, 5.74) is 1.32. The van der Waals surface area contributed by atoms with Crippen LogP contribution in [-0.2, 0) is 0 Å². The van der Waals surface area contributed by atoms with Crippen LogP contribution in [0.3, 0.4) is 0 Å². The minimum atomic E-state index is -1.48. The van der Waals surface area contributed by atoms with E-state index in [1.165, 1.54) is 6.07 Å². The molecule has 2 rings (SSSR count). The molecule has 0 unspecified atom stereocenters. The fourth-order valence-corrected chi connectivity index (χ4v) is 1.74. The van der Waals surface area contributed by atoms with Gasteiger partial charge in [-0.15, -0.1) is 0 Å². The SMILES string of the molecule is CN(C)c1ccccc1Nc1ccc(F)c(F)c1F. The van der Waals surface area contributed by atoms with E-state index in [1.807, 2.05) is 31.1 Å². The van der Waals surface area contributed by atoms with Crippen molar-refractivity contribution in [3.63, 3.8) is 0 Å². The van der Waals surface area contributed by atoms with Crippen molar-refractivity contribution in [1.82, 2.24) is 0 Å². The van der Waals surface area contributed by atoms with E-state index in [9.17, 15) is 13.2 Å². The van der Waals surface area contributed by atoms with E-state index in [1.54, 1.807) is 12.1 Å². The molecule has 2 nitrogen and oxygen atoms in total. The van der Waals surface area contributed by atoms with Gasteiger partial charge in [0.2, 0.25) is 0 Å². The molecular formula is C14H13F3N2. The lowest BCUT2D eigenvalue weighted by molar-refractivity contribution is 0.449. The molecule has 0 aliphatic carbocycles. The highest BCUT2D eigenvalue weighted by molar-refractivity contribution is 5.75. The number of para-hydroxylation sites is 2. The quantitative estimate of drug-likeness (QED) is 0.847. The van der Waals surface area contributed by atoms with E-state index in [2.05, 4.69) is 5.32 Å². The van der Waals surface area contributed by atoms with Gasteiger partial charge in [0.1, 0.15) is 0 Å². The summed E-state index contributed by atoms with van der Waals surface area (Å²) in [5.74, 6) is -3.91. The molecule has 0 aliphatic rings. The molecule has 100 valence electrons. The molecule has 0 aliphatic heterocycles. The molecule has 0 heterocycles. The van der Waals surface area contributed by atoms with E-state index >= 15 is 0 Å². The van der Waals surface area contributed by atoms with Crippen molar-refractivity contribution in [2.45, 2.75) is 0 Å². The Morgan fingerprint density at radius 1 is 0.842 bits per heavy atom. The van der Waals surface area contributed by atoms with Gasteiger partial charge in [-0.05, 0) is 24.3 Å². The normalized spacial score (nSPS) is 10.4. The zero-order chi connectivity index (χ0) is 14.0. The first kappa shape index (κ1) is 13.3.